The number of aliphatic hydroxyl groups is 1. The lowest BCUT2D eigenvalue weighted by molar-refractivity contribution is 0.0961. The first-order valence-electron chi connectivity index (χ1n) is 6.98. The molecule has 1 N–H and O–H groups in total. The van der Waals surface area contributed by atoms with Crippen LogP contribution in [0.3, 0.4) is 0 Å². The van der Waals surface area contributed by atoms with E-state index in [4.69, 9.17) is 0 Å². The first-order valence-corrected chi connectivity index (χ1v) is 6.98. The lowest BCUT2D eigenvalue weighted by Gasteiger charge is -2.17. The fourth-order valence-electron chi connectivity index (χ4n) is 2.43. The van der Waals surface area contributed by atoms with Gasteiger partial charge in [-0.25, -0.2) is 0 Å². The molecule has 2 aromatic rings. The third-order valence-electron chi connectivity index (χ3n) is 3.58. The summed E-state index contributed by atoms with van der Waals surface area (Å²) in [6.07, 6.45) is 3.36. The number of hydrogen-bond donors (Lipinski definition) is 1. The molecule has 0 saturated carbocycles. The number of hydrogen-bond acceptors (Lipinski definition) is 3. The highest BCUT2D eigenvalue weighted by atomic mass is 16.3. The van der Waals surface area contributed by atoms with E-state index in [9.17, 15) is 14.7 Å². The third kappa shape index (κ3) is 2.67. The number of rotatable bonds is 3. The number of ketones is 2. The van der Waals surface area contributed by atoms with Crippen molar-refractivity contribution in [3.05, 3.63) is 89.0 Å². The van der Waals surface area contributed by atoms with E-state index in [1.165, 1.54) is 12.2 Å². The highest BCUT2D eigenvalue weighted by molar-refractivity contribution is 6.25. The zero-order chi connectivity index (χ0) is 15.5. The maximum Gasteiger partial charge on any atom is 0.192 e. The van der Waals surface area contributed by atoms with Gasteiger partial charge in [-0.2, -0.15) is 0 Å². The second-order valence-corrected chi connectivity index (χ2v) is 5.05. The van der Waals surface area contributed by atoms with Gasteiger partial charge in [-0.15, -0.1) is 0 Å². The highest BCUT2D eigenvalue weighted by Crippen LogP contribution is 2.23. The molecule has 0 aromatic heterocycles. The van der Waals surface area contributed by atoms with Crippen molar-refractivity contribution in [2.75, 3.05) is 0 Å². The van der Waals surface area contributed by atoms with Crippen LogP contribution in [0.1, 0.15) is 26.3 Å². The van der Waals surface area contributed by atoms with Gasteiger partial charge in [0.15, 0.2) is 11.6 Å². The molecule has 0 spiro atoms. The van der Waals surface area contributed by atoms with Gasteiger partial charge in [0.25, 0.3) is 0 Å². The topological polar surface area (TPSA) is 54.4 Å². The minimum absolute atomic E-state index is 0.107. The summed E-state index contributed by atoms with van der Waals surface area (Å²) in [6.45, 7) is 0. The predicted octanol–water partition coefficient (Wildman–Crippen LogP) is 3.07. The summed E-state index contributed by atoms with van der Waals surface area (Å²) >= 11 is 0. The zero-order valence-corrected chi connectivity index (χ0v) is 11.8. The Morgan fingerprint density at radius 2 is 1.50 bits per heavy atom. The minimum Gasteiger partial charge on any atom is -0.384 e. The third-order valence-corrected chi connectivity index (χ3v) is 3.58. The normalized spacial score (nSPS) is 15.6. The number of allylic oxidation sites excluding steroid dienone is 1. The second-order valence-electron chi connectivity index (χ2n) is 5.05. The van der Waals surface area contributed by atoms with Gasteiger partial charge < -0.3 is 5.11 Å². The summed E-state index contributed by atoms with van der Waals surface area (Å²) in [7, 11) is 0. The first-order chi connectivity index (χ1) is 10.7. The zero-order valence-electron chi connectivity index (χ0n) is 11.8. The molecule has 1 atom stereocenters. The van der Waals surface area contributed by atoms with Gasteiger partial charge in [-0.3, -0.25) is 9.59 Å². The average molecular weight is 290 g/mol. The van der Waals surface area contributed by atoms with Gasteiger partial charge >= 0.3 is 0 Å². The van der Waals surface area contributed by atoms with E-state index in [0.29, 0.717) is 11.1 Å². The van der Waals surface area contributed by atoms with Crippen LogP contribution in [0, 0.1) is 0 Å². The predicted molar refractivity (Wildman–Crippen MR) is 84.7 cm³/mol. The Hall–Kier alpha value is -2.78. The largest absolute Gasteiger partial charge is 0.384 e. The van der Waals surface area contributed by atoms with Crippen LogP contribution in [-0.2, 0) is 0 Å². The van der Waals surface area contributed by atoms with Gasteiger partial charge in [-0.1, -0.05) is 66.7 Å². The van der Waals surface area contributed by atoms with Crippen molar-refractivity contribution >= 4 is 17.6 Å². The smallest absolute Gasteiger partial charge is 0.192 e. The van der Waals surface area contributed by atoms with Gasteiger partial charge in [0, 0.05) is 16.7 Å². The van der Waals surface area contributed by atoms with Crippen LogP contribution in [0.4, 0.5) is 0 Å². The molecule has 0 aliphatic heterocycles. The molecule has 0 radical (unpaired) electrons. The molecule has 2 aromatic carbocycles. The van der Waals surface area contributed by atoms with Crippen LogP contribution in [0.15, 0.2) is 72.3 Å². The molecule has 0 fully saturated rings. The number of Topliss-reactive ketones (excluding diaryl/α,β-unsaturated/α-hetero) is 1. The summed E-state index contributed by atoms with van der Waals surface area (Å²) in [5.41, 5.74) is 1.75. The number of carbonyl (C=O) groups excluding carboxylic acids is 2. The van der Waals surface area contributed by atoms with E-state index in [-0.39, 0.29) is 17.1 Å². The molecule has 3 rings (SSSR count). The number of aliphatic hydroxyl groups excluding tert-OH is 1. The Kier molecular flexibility index (Phi) is 3.81. The maximum atomic E-state index is 12.4. The minimum atomic E-state index is -1.11. The van der Waals surface area contributed by atoms with Crippen molar-refractivity contribution in [1.29, 1.82) is 0 Å². The van der Waals surface area contributed by atoms with Crippen LogP contribution in [0.25, 0.3) is 6.08 Å². The molecule has 0 bridgehead atoms. The van der Waals surface area contributed by atoms with Crippen molar-refractivity contribution in [2.45, 2.75) is 6.10 Å². The number of carbonyl (C=O) groups is 2. The second kappa shape index (κ2) is 5.92. The Labute approximate surface area is 128 Å². The molecular weight excluding hydrogens is 276 g/mol. The molecule has 22 heavy (non-hydrogen) atoms. The van der Waals surface area contributed by atoms with Gasteiger partial charge in [-0.05, 0) is 11.6 Å². The fraction of sp³-hybridized carbons (Fsp3) is 0.0526. The average Bonchev–Trinajstić information content (AvgIpc) is 2.57. The van der Waals surface area contributed by atoms with Gasteiger partial charge in [0.05, 0.1) is 0 Å². The van der Waals surface area contributed by atoms with Crippen molar-refractivity contribution in [3.63, 3.8) is 0 Å². The molecule has 1 unspecified atom stereocenters. The van der Waals surface area contributed by atoms with E-state index < -0.39 is 6.10 Å². The van der Waals surface area contributed by atoms with Crippen LogP contribution in [0.2, 0.25) is 0 Å². The molecule has 0 heterocycles. The molecule has 3 heteroatoms. The van der Waals surface area contributed by atoms with Gasteiger partial charge in [0.1, 0.15) is 6.10 Å². The molecule has 1 aliphatic rings. The standard InChI is InChI=1S/C19H14O3/c20-17(11-10-13-6-2-1-3-7-13)16-12-18(21)14-8-4-5-9-15(14)19(16)22/h1-12,17,20H/b11-10+. The van der Waals surface area contributed by atoms with E-state index in [0.717, 1.165) is 5.56 Å². The molecule has 3 nitrogen and oxygen atoms in total. The van der Waals surface area contributed by atoms with Crippen molar-refractivity contribution < 1.29 is 14.7 Å². The van der Waals surface area contributed by atoms with Crippen molar-refractivity contribution in [1.82, 2.24) is 0 Å². The number of fused-ring (bicyclic) bond motifs is 1. The quantitative estimate of drug-likeness (QED) is 0.945. The Balaban J connectivity index is 1.88. The van der Waals surface area contributed by atoms with Crippen LogP contribution >= 0.6 is 0 Å². The Bertz CT molecular complexity index is 785. The highest BCUT2D eigenvalue weighted by Gasteiger charge is 2.27. The fourth-order valence-corrected chi connectivity index (χ4v) is 2.43. The molecule has 0 amide bonds. The monoisotopic (exact) mass is 290 g/mol. The van der Waals surface area contributed by atoms with E-state index in [2.05, 4.69) is 0 Å². The first kappa shape index (κ1) is 14.2. The van der Waals surface area contributed by atoms with E-state index in [1.807, 2.05) is 30.3 Å². The van der Waals surface area contributed by atoms with Crippen LogP contribution in [0.5, 0.6) is 0 Å². The van der Waals surface area contributed by atoms with Crippen molar-refractivity contribution in [3.8, 4) is 0 Å². The summed E-state index contributed by atoms with van der Waals surface area (Å²) in [6, 6.07) is 16.1. The van der Waals surface area contributed by atoms with E-state index in [1.54, 1.807) is 30.3 Å². The lowest BCUT2D eigenvalue weighted by Crippen LogP contribution is -2.23. The summed E-state index contributed by atoms with van der Waals surface area (Å²) in [5.74, 6) is -0.558. The van der Waals surface area contributed by atoms with Crippen LogP contribution < -0.4 is 0 Å². The summed E-state index contributed by atoms with van der Waals surface area (Å²) in [5, 5.41) is 10.2. The molecule has 0 saturated heterocycles. The molecule has 1 aliphatic carbocycles. The molecular formula is C19H14O3. The van der Waals surface area contributed by atoms with E-state index >= 15 is 0 Å². The molecule has 108 valence electrons. The summed E-state index contributed by atoms with van der Waals surface area (Å²) in [4.78, 5) is 24.5. The maximum absolute atomic E-state index is 12.4. The number of benzene rings is 2. The lowest BCUT2D eigenvalue weighted by atomic mass is 9.87. The summed E-state index contributed by atoms with van der Waals surface area (Å²) < 4.78 is 0. The van der Waals surface area contributed by atoms with Gasteiger partial charge in [0.2, 0.25) is 0 Å². The Morgan fingerprint density at radius 3 is 2.23 bits per heavy atom. The van der Waals surface area contributed by atoms with Crippen LogP contribution in [-0.4, -0.2) is 22.8 Å². The SMILES string of the molecule is O=C1C=C(C(O)/C=C/c2ccccc2)C(=O)c2ccccc21. The Morgan fingerprint density at radius 1 is 0.864 bits per heavy atom. The van der Waals surface area contributed by atoms with Crippen molar-refractivity contribution in [2.24, 2.45) is 0 Å².